The van der Waals surface area contributed by atoms with Gasteiger partial charge in [0.15, 0.2) is 0 Å². The lowest BCUT2D eigenvalue weighted by Gasteiger charge is -2.39. The summed E-state index contributed by atoms with van der Waals surface area (Å²) in [6, 6.07) is -0.843. The van der Waals surface area contributed by atoms with Crippen LogP contribution in [0.5, 0.6) is 0 Å². The number of hydrogen-bond donors (Lipinski definition) is 1. The van der Waals surface area contributed by atoms with Crippen molar-refractivity contribution in [3.63, 3.8) is 0 Å². The van der Waals surface area contributed by atoms with Gasteiger partial charge in [-0.3, -0.25) is 13.8 Å². The van der Waals surface area contributed by atoms with Crippen molar-refractivity contribution >= 4 is 22.6 Å². The second-order valence-electron chi connectivity index (χ2n) is 5.07. The zero-order valence-electron chi connectivity index (χ0n) is 12.1. The highest BCUT2D eigenvalue weighted by Gasteiger charge is 2.39. The van der Waals surface area contributed by atoms with Crippen LogP contribution in [0.15, 0.2) is 0 Å². The Morgan fingerprint density at radius 3 is 2.47 bits per heavy atom. The first-order valence-corrected chi connectivity index (χ1v) is 8.47. The fourth-order valence-corrected chi connectivity index (χ4v) is 2.68. The molecule has 1 fully saturated rings. The lowest BCUT2D eigenvalue weighted by atomic mass is 10.0. The molecule has 4 atom stereocenters. The van der Waals surface area contributed by atoms with Gasteiger partial charge in [0.2, 0.25) is 11.8 Å². The third-order valence-electron chi connectivity index (χ3n) is 3.56. The maximum atomic E-state index is 12.4. The molecule has 0 aromatic carbocycles. The van der Waals surface area contributed by atoms with Gasteiger partial charge in [-0.25, -0.2) is 0 Å². The van der Waals surface area contributed by atoms with Gasteiger partial charge in [0.05, 0.1) is 0 Å². The molecule has 1 aliphatic rings. The first-order valence-electron chi connectivity index (χ1n) is 6.85. The van der Waals surface area contributed by atoms with Gasteiger partial charge in [0.25, 0.3) is 0 Å². The van der Waals surface area contributed by atoms with Crippen LogP contribution >= 0.6 is 0 Å². The van der Waals surface area contributed by atoms with Crippen molar-refractivity contribution in [2.24, 2.45) is 0 Å². The number of nitrogens with zero attached hydrogens (tertiary/aromatic N) is 1. The van der Waals surface area contributed by atoms with Gasteiger partial charge in [-0.1, -0.05) is 20.3 Å². The molecule has 1 heterocycles. The van der Waals surface area contributed by atoms with E-state index in [1.165, 1.54) is 0 Å². The molecule has 1 saturated heterocycles. The van der Waals surface area contributed by atoms with Crippen LogP contribution in [0.4, 0.5) is 0 Å². The molecule has 19 heavy (non-hydrogen) atoms. The van der Waals surface area contributed by atoms with Crippen LogP contribution < -0.4 is 5.32 Å². The van der Waals surface area contributed by atoms with Crippen LogP contribution in [0.25, 0.3) is 0 Å². The first kappa shape index (κ1) is 16.1. The minimum Gasteiger partial charge on any atom is -0.343 e. The molecule has 0 aliphatic carbocycles. The lowest BCUT2D eigenvalue weighted by Crippen LogP contribution is -2.64. The summed E-state index contributed by atoms with van der Waals surface area (Å²) in [5.41, 5.74) is 0. The van der Waals surface area contributed by atoms with E-state index >= 15 is 0 Å². The average Bonchev–Trinajstić information content (AvgIpc) is 2.35. The molecule has 5 nitrogen and oxygen atoms in total. The molecule has 0 radical (unpaired) electrons. The molecule has 0 aromatic heterocycles. The number of rotatable bonds is 6. The van der Waals surface area contributed by atoms with Gasteiger partial charge in [-0.15, -0.1) is 0 Å². The molecule has 1 aliphatic heterocycles. The van der Waals surface area contributed by atoms with E-state index in [0.717, 1.165) is 6.42 Å². The second-order valence-corrected chi connectivity index (χ2v) is 6.88. The predicted molar refractivity (Wildman–Crippen MR) is 76.2 cm³/mol. The highest BCUT2D eigenvalue weighted by atomic mass is 32.2. The predicted octanol–water partition coefficient (Wildman–Crippen LogP) is 0.659. The van der Waals surface area contributed by atoms with E-state index in [1.54, 1.807) is 11.2 Å². The number of nitrogens with one attached hydrogen (secondary N) is 1. The molecular formula is C13H24N2O3S. The van der Waals surface area contributed by atoms with E-state index < -0.39 is 22.9 Å². The number of piperazine rings is 1. The van der Waals surface area contributed by atoms with E-state index in [1.807, 2.05) is 20.8 Å². The zero-order valence-corrected chi connectivity index (χ0v) is 13.0. The van der Waals surface area contributed by atoms with Crippen LogP contribution in [-0.4, -0.2) is 51.1 Å². The fourth-order valence-electron chi connectivity index (χ4n) is 2.31. The van der Waals surface area contributed by atoms with Crippen molar-refractivity contribution in [3.05, 3.63) is 0 Å². The highest BCUT2D eigenvalue weighted by Crippen LogP contribution is 2.17. The fraction of sp³-hybridized carbons (Fsp3) is 0.846. The van der Waals surface area contributed by atoms with E-state index in [-0.39, 0.29) is 17.1 Å². The molecule has 1 N–H and O–H groups in total. The van der Waals surface area contributed by atoms with Crippen LogP contribution in [0.2, 0.25) is 0 Å². The molecular weight excluding hydrogens is 264 g/mol. The topological polar surface area (TPSA) is 66.5 Å². The van der Waals surface area contributed by atoms with Gasteiger partial charge in [0.1, 0.15) is 12.1 Å². The molecule has 0 saturated carbocycles. The number of carbonyl (C=O) groups is 2. The summed E-state index contributed by atoms with van der Waals surface area (Å²) >= 11 is 0. The number of amides is 2. The summed E-state index contributed by atoms with van der Waals surface area (Å²) in [6.45, 7) is 6.10. The van der Waals surface area contributed by atoms with Crippen molar-refractivity contribution in [2.75, 3.05) is 12.8 Å². The number of hydrogen-bond acceptors (Lipinski definition) is 3. The summed E-state index contributed by atoms with van der Waals surface area (Å²) in [4.78, 5) is 26.1. The van der Waals surface area contributed by atoms with Gasteiger partial charge < -0.3 is 10.2 Å². The van der Waals surface area contributed by atoms with Gasteiger partial charge in [0, 0.05) is 28.9 Å². The number of carbonyl (C=O) groups excluding carboxylic acids is 2. The second kappa shape index (κ2) is 7.03. The normalized spacial score (nSPS) is 27.1. The van der Waals surface area contributed by atoms with Gasteiger partial charge >= 0.3 is 0 Å². The SMILES string of the molecule is CCCC1NC(=O)C(CC)N(CC(C)S(C)=O)C1=O. The van der Waals surface area contributed by atoms with Crippen LogP contribution in [-0.2, 0) is 20.4 Å². The van der Waals surface area contributed by atoms with Crippen molar-refractivity contribution in [2.45, 2.75) is 57.4 Å². The molecule has 110 valence electrons. The zero-order chi connectivity index (χ0) is 14.6. The van der Waals surface area contributed by atoms with Crippen molar-refractivity contribution in [1.29, 1.82) is 0 Å². The van der Waals surface area contributed by atoms with E-state index in [0.29, 0.717) is 19.4 Å². The van der Waals surface area contributed by atoms with E-state index in [9.17, 15) is 13.8 Å². The Bertz CT molecular complexity index is 373. The highest BCUT2D eigenvalue weighted by molar-refractivity contribution is 7.84. The smallest absolute Gasteiger partial charge is 0.245 e. The largest absolute Gasteiger partial charge is 0.343 e. The third-order valence-corrected chi connectivity index (χ3v) is 4.84. The summed E-state index contributed by atoms with van der Waals surface area (Å²) in [7, 11) is -0.996. The van der Waals surface area contributed by atoms with Crippen LogP contribution in [0.1, 0.15) is 40.0 Å². The Morgan fingerprint density at radius 2 is 2.00 bits per heavy atom. The standard InChI is InChI=1S/C13H24N2O3S/c1-5-7-10-13(17)15(8-9(3)19(4)18)11(6-2)12(16)14-10/h9-11H,5-8H2,1-4H3,(H,14,16). The van der Waals surface area contributed by atoms with Gasteiger partial charge in [-0.05, 0) is 19.8 Å². The molecule has 0 spiro atoms. The van der Waals surface area contributed by atoms with Crippen molar-refractivity contribution in [1.82, 2.24) is 10.2 Å². The molecule has 0 bridgehead atoms. The van der Waals surface area contributed by atoms with Crippen molar-refractivity contribution < 1.29 is 13.8 Å². The Balaban J connectivity index is 2.89. The molecule has 0 aromatic rings. The maximum absolute atomic E-state index is 12.4. The average molecular weight is 288 g/mol. The molecule has 1 rings (SSSR count). The summed E-state index contributed by atoms with van der Waals surface area (Å²) in [5, 5.41) is 2.68. The minimum atomic E-state index is -0.996. The Kier molecular flexibility index (Phi) is 5.97. The van der Waals surface area contributed by atoms with Crippen LogP contribution in [0.3, 0.4) is 0 Å². The van der Waals surface area contributed by atoms with E-state index in [2.05, 4.69) is 5.32 Å². The quantitative estimate of drug-likeness (QED) is 0.781. The summed E-state index contributed by atoms with van der Waals surface area (Å²) in [6.07, 6.45) is 3.71. The Morgan fingerprint density at radius 1 is 1.37 bits per heavy atom. The summed E-state index contributed by atoms with van der Waals surface area (Å²) < 4.78 is 11.5. The molecule has 6 heteroatoms. The maximum Gasteiger partial charge on any atom is 0.245 e. The monoisotopic (exact) mass is 288 g/mol. The Hall–Kier alpha value is -0.910. The third kappa shape index (κ3) is 3.78. The van der Waals surface area contributed by atoms with Gasteiger partial charge in [-0.2, -0.15) is 0 Å². The summed E-state index contributed by atoms with van der Waals surface area (Å²) in [5.74, 6) is -0.125. The Labute approximate surface area is 117 Å². The molecule has 2 amide bonds. The van der Waals surface area contributed by atoms with Crippen molar-refractivity contribution in [3.8, 4) is 0 Å². The van der Waals surface area contributed by atoms with Crippen LogP contribution in [0, 0.1) is 0 Å². The minimum absolute atomic E-state index is 0.0365. The first-order chi connectivity index (χ1) is 8.92. The lowest BCUT2D eigenvalue weighted by molar-refractivity contribution is -0.149. The van der Waals surface area contributed by atoms with E-state index in [4.69, 9.17) is 0 Å². The molecule has 4 unspecified atom stereocenters.